The fourth-order valence-corrected chi connectivity index (χ4v) is 4.23. The summed E-state index contributed by atoms with van der Waals surface area (Å²) in [7, 11) is -3.96. The van der Waals surface area contributed by atoms with E-state index in [9.17, 15) is 13.5 Å². The first-order valence-corrected chi connectivity index (χ1v) is 10.3. The van der Waals surface area contributed by atoms with Gasteiger partial charge in [-0.05, 0) is 30.2 Å². The van der Waals surface area contributed by atoms with Crippen molar-refractivity contribution < 1.29 is 17.9 Å². The van der Waals surface area contributed by atoms with Gasteiger partial charge in [-0.3, -0.25) is 0 Å². The molecular formula is C21H18FN3O3S. The second kappa shape index (κ2) is 7.07. The van der Waals surface area contributed by atoms with Gasteiger partial charge in [-0.2, -0.15) is 0 Å². The highest BCUT2D eigenvalue weighted by Gasteiger charge is 2.19. The Balaban J connectivity index is 1.88. The second-order valence-electron chi connectivity index (χ2n) is 6.73. The smallest absolute Gasteiger partial charge is 0.238 e. The van der Waals surface area contributed by atoms with E-state index in [0.717, 1.165) is 0 Å². The van der Waals surface area contributed by atoms with Gasteiger partial charge >= 0.3 is 0 Å². The summed E-state index contributed by atoms with van der Waals surface area (Å²) in [6.07, 6.45) is 3.21. The van der Waals surface area contributed by atoms with E-state index in [4.69, 9.17) is 5.14 Å². The number of nitrogens with two attached hydrogens (primary N) is 1. The third kappa shape index (κ3) is 3.31. The van der Waals surface area contributed by atoms with Gasteiger partial charge < -0.3 is 10.1 Å². The molecule has 0 saturated carbocycles. The Labute approximate surface area is 166 Å². The predicted octanol–water partition coefficient (Wildman–Crippen LogP) is 3.48. The highest BCUT2D eigenvalue weighted by molar-refractivity contribution is 7.89. The summed E-state index contributed by atoms with van der Waals surface area (Å²) in [6.45, 7) is 1.44. The number of rotatable bonds is 4. The van der Waals surface area contributed by atoms with Crippen LogP contribution in [0.1, 0.15) is 11.1 Å². The summed E-state index contributed by atoms with van der Waals surface area (Å²) in [5, 5.41) is 15.5. The largest absolute Gasteiger partial charge is 0.392 e. The van der Waals surface area contributed by atoms with Crippen LogP contribution < -0.4 is 5.14 Å². The number of sulfonamides is 1. The van der Waals surface area contributed by atoms with Crippen LogP contribution in [-0.2, 0) is 16.6 Å². The minimum Gasteiger partial charge on any atom is -0.392 e. The maximum Gasteiger partial charge on any atom is 0.238 e. The number of aliphatic hydroxyl groups is 1. The molecule has 0 spiro atoms. The standard InChI is InChI=1S/C21H18FN3O3S/c1-12-15(17-4-2-3-5-19(17)29(23,27)28)6-7-16(20(12)22)13-8-18-14(11-26)10-25-21(18)24-9-13/h2-10,26H,11H2,1H3,(H,24,25)(H2,23,27,28). The van der Waals surface area contributed by atoms with E-state index in [1.807, 2.05) is 0 Å². The quantitative estimate of drug-likeness (QED) is 0.478. The fraction of sp³-hybridized carbons (Fsp3) is 0.0952. The molecule has 0 aliphatic carbocycles. The Morgan fingerprint density at radius 2 is 1.86 bits per heavy atom. The van der Waals surface area contributed by atoms with Gasteiger partial charge in [0.15, 0.2) is 0 Å². The van der Waals surface area contributed by atoms with Gasteiger partial charge in [0, 0.05) is 40.0 Å². The zero-order valence-electron chi connectivity index (χ0n) is 15.5. The predicted molar refractivity (Wildman–Crippen MR) is 109 cm³/mol. The molecule has 0 radical (unpaired) electrons. The molecule has 0 atom stereocenters. The zero-order chi connectivity index (χ0) is 20.8. The van der Waals surface area contributed by atoms with E-state index >= 15 is 4.39 Å². The van der Waals surface area contributed by atoms with Crippen molar-refractivity contribution in [1.82, 2.24) is 9.97 Å². The first kappa shape index (κ1) is 19.3. The van der Waals surface area contributed by atoms with Crippen LogP contribution in [0.3, 0.4) is 0 Å². The molecule has 148 valence electrons. The molecular weight excluding hydrogens is 393 g/mol. The number of pyridine rings is 1. The highest BCUT2D eigenvalue weighted by atomic mass is 32.2. The average molecular weight is 411 g/mol. The lowest BCUT2D eigenvalue weighted by Crippen LogP contribution is -2.13. The third-order valence-electron chi connectivity index (χ3n) is 4.97. The lowest BCUT2D eigenvalue weighted by molar-refractivity contribution is 0.283. The number of hydrogen-bond acceptors (Lipinski definition) is 4. The maximum absolute atomic E-state index is 15.3. The van der Waals surface area contributed by atoms with Crippen LogP contribution in [0.4, 0.5) is 4.39 Å². The molecule has 2 aromatic carbocycles. The van der Waals surface area contributed by atoms with Gasteiger partial charge in [0.2, 0.25) is 10.0 Å². The number of halogens is 1. The fourth-order valence-electron chi connectivity index (χ4n) is 3.47. The maximum atomic E-state index is 15.3. The number of primary sulfonamides is 1. The van der Waals surface area contributed by atoms with Crippen molar-refractivity contribution in [3.8, 4) is 22.3 Å². The van der Waals surface area contributed by atoms with Gasteiger partial charge in [-0.25, -0.2) is 22.9 Å². The van der Waals surface area contributed by atoms with Crippen LogP contribution in [0.2, 0.25) is 0 Å². The average Bonchev–Trinajstić information content (AvgIpc) is 3.11. The van der Waals surface area contributed by atoms with E-state index in [0.29, 0.717) is 44.4 Å². The Hall–Kier alpha value is -3.07. The number of benzene rings is 2. The molecule has 0 aliphatic heterocycles. The number of fused-ring (bicyclic) bond motifs is 1. The molecule has 4 aromatic rings. The number of nitrogens with one attached hydrogen (secondary N) is 1. The van der Waals surface area contributed by atoms with Gasteiger partial charge in [0.25, 0.3) is 0 Å². The monoisotopic (exact) mass is 411 g/mol. The minimum absolute atomic E-state index is 0.0572. The molecule has 4 N–H and O–H groups in total. The molecule has 0 bridgehead atoms. The molecule has 0 aliphatic rings. The van der Waals surface area contributed by atoms with Crippen molar-refractivity contribution >= 4 is 21.1 Å². The molecule has 0 amide bonds. The third-order valence-corrected chi connectivity index (χ3v) is 5.94. The lowest BCUT2D eigenvalue weighted by Gasteiger charge is -2.14. The molecule has 6 nitrogen and oxygen atoms in total. The summed E-state index contributed by atoms with van der Waals surface area (Å²) in [5.74, 6) is -0.478. The molecule has 2 heterocycles. The Kier molecular flexibility index (Phi) is 4.70. The first-order chi connectivity index (χ1) is 13.8. The number of aromatic amines is 1. The van der Waals surface area contributed by atoms with E-state index < -0.39 is 15.8 Å². The SMILES string of the molecule is Cc1c(-c2ccccc2S(N)(=O)=O)ccc(-c2cnc3[nH]cc(CO)c3c2)c1F. The summed E-state index contributed by atoms with van der Waals surface area (Å²) in [5.41, 5.74) is 3.26. The van der Waals surface area contributed by atoms with E-state index in [-0.39, 0.29) is 11.5 Å². The van der Waals surface area contributed by atoms with Crippen molar-refractivity contribution in [2.45, 2.75) is 18.4 Å². The van der Waals surface area contributed by atoms with Crippen LogP contribution in [-0.4, -0.2) is 23.5 Å². The Bertz CT molecular complexity index is 1350. The van der Waals surface area contributed by atoms with Crippen molar-refractivity contribution in [2.24, 2.45) is 5.14 Å². The number of aromatic nitrogens is 2. The Morgan fingerprint density at radius 3 is 2.59 bits per heavy atom. The van der Waals surface area contributed by atoms with Gasteiger partial charge in [0.05, 0.1) is 11.5 Å². The second-order valence-corrected chi connectivity index (χ2v) is 8.26. The number of aliphatic hydroxyl groups excluding tert-OH is 1. The van der Waals surface area contributed by atoms with Crippen molar-refractivity contribution in [2.75, 3.05) is 0 Å². The number of H-pyrrole nitrogens is 1. The van der Waals surface area contributed by atoms with Crippen molar-refractivity contribution in [3.05, 3.63) is 71.8 Å². The molecule has 29 heavy (non-hydrogen) atoms. The molecule has 0 fully saturated rings. The van der Waals surface area contributed by atoms with Crippen LogP contribution in [0.5, 0.6) is 0 Å². The molecule has 0 saturated heterocycles. The Morgan fingerprint density at radius 1 is 1.14 bits per heavy atom. The van der Waals surface area contributed by atoms with Crippen molar-refractivity contribution in [1.29, 1.82) is 0 Å². The number of nitrogens with zero attached hydrogens (tertiary/aromatic N) is 1. The van der Waals surface area contributed by atoms with E-state index in [1.165, 1.54) is 6.07 Å². The van der Waals surface area contributed by atoms with Gasteiger partial charge in [0.1, 0.15) is 11.5 Å². The van der Waals surface area contributed by atoms with Crippen LogP contribution in [0.15, 0.2) is 59.8 Å². The summed E-state index contributed by atoms with van der Waals surface area (Å²) in [4.78, 5) is 7.20. The number of hydrogen-bond donors (Lipinski definition) is 3. The summed E-state index contributed by atoms with van der Waals surface area (Å²) >= 11 is 0. The summed E-state index contributed by atoms with van der Waals surface area (Å²) < 4.78 is 39.2. The summed E-state index contributed by atoms with van der Waals surface area (Å²) in [6, 6.07) is 11.3. The zero-order valence-corrected chi connectivity index (χ0v) is 16.3. The highest BCUT2D eigenvalue weighted by Crippen LogP contribution is 2.35. The van der Waals surface area contributed by atoms with Crippen LogP contribution in [0.25, 0.3) is 33.3 Å². The first-order valence-electron chi connectivity index (χ1n) is 8.80. The topological polar surface area (TPSA) is 109 Å². The minimum atomic E-state index is -3.96. The normalized spacial score (nSPS) is 11.9. The molecule has 2 aromatic heterocycles. The van der Waals surface area contributed by atoms with Gasteiger partial charge in [-0.1, -0.05) is 30.3 Å². The van der Waals surface area contributed by atoms with Crippen LogP contribution in [0, 0.1) is 12.7 Å². The molecule has 8 heteroatoms. The van der Waals surface area contributed by atoms with E-state index in [1.54, 1.807) is 55.7 Å². The van der Waals surface area contributed by atoms with E-state index in [2.05, 4.69) is 9.97 Å². The van der Waals surface area contributed by atoms with Crippen molar-refractivity contribution in [3.63, 3.8) is 0 Å². The van der Waals surface area contributed by atoms with Gasteiger partial charge in [-0.15, -0.1) is 0 Å². The lowest BCUT2D eigenvalue weighted by atomic mass is 9.95. The molecule has 0 unspecified atom stereocenters. The molecule has 4 rings (SSSR count). The van der Waals surface area contributed by atoms with Crippen LogP contribution >= 0.6 is 0 Å².